The van der Waals surface area contributed by atoms with Crippen molar-refractivity contribution in [1.82, 2.24) is 4.98 Å². The molecule has 2 aromatic carbocycles. The first-order valence-electron chi connectivity index (χ1n) is 8.02. The summed E-state index contributed by atoms with van der Waals surface area (Å²) in [4.78, 5) is 16.5. The Kier molecular flexibility index (Phi) is 3.58. The van der Waals surface area contributed by atoms with Crippen molar-refractivity contribution >= 4 is 22.7 Å². The zero-order chi connectivity index (χ0) is 15.6. The molecule has 0 aliphatic heterocycles. The molecule has 3 aromatic rings. The number of anilines is 1. The second-order valence-corrected chi connectivity index (χ2v) is 6.07. The van der Waals surface area contributed by atoms with Crippen LogP contribution in [0.2, 0.25) is 0 Å². The Morgan fingerprint density at radius 3 is 2.83 bits per heavy atom. The Labute approximate surface area is 134 Å². The number of para-hydroxylation sites is 2. The number of fused-ring (bicyclic) bond motifs is 1. The zero-order valence-corrected chi connectivity index (χ0v) is 12.8. The largest absolute Gasteiger partial charge is 0.440 e. The maximum Gasteiger partial charge on any atom is 0.227 e. The third-order valence-corrected chi connectivity index (χ3v) is 4.36. The summed E-state index contributed by atoms with van der Waals surface area (Å²) in [7, 11) is 0. The number of nitrogens with one attached hydrogen (secondary N) is 1. The molecule has 1 aliphatic rings. The maximum absolute atomic E-state index is 12.0. The van der Waals surface area contributed by atoms with Crippen molar-refractivity contribution < 1.29 is 9.21 Å². The first kappa shape index (κ1) is 14.0. The van der Waals surface area contributed by atoms with Crippen molar-refractivity contribution in [3.8, 4) is 0 Å². The van der Waals surface area contributed by atoms with Gasteiger partial charge in [-0.2, -0.15) is 0 Å². The molecule has 1 N–H and O–H groups in total. The molecule has 4 heteroatoms. The van der Waals surface area contributed by atoms with Crippen molar-refractivity contribution in [3.63, 3.8) is 0 Å². The van der Waals surface area contributed by atoms with Gasteiger partial charge in [-0.3, -0.25) is 4.79 Å². The quantitative estimate of drug-likeness (QED) is 0.787. The highest BCUT2D eigenvalue weighted by atomic mass is 16.3. The van der Waals surface area contributed by atoms with Gasteiger partial charge in [0.1, 0.15) is 5.52 Å². The van der Waals surface area contributed by atoms with Crippen molar-refractivity contribution in [2.75, 3.05) is 5.32 Å². The number of amides is 1. The molecule has 0 saturated heterocycles. The predicted octanol–water partition coefficient (Wildman–Crippen LogP) is 4.16. The third-order valence-electron chi connectivity index (χ3n) is 4.36. The minimum Gasteiger partial charge on any atom is -0.440 e. The number of rotatable bonds is 4. The van der Waals surface area contributed by atoms with Gasteiger partial charge in [0, 0.05) is 18.0 Å². The normalized spacial score (nSPS) is 14.6. The molecule has 1 amide bonds. The molecule has 0 radical (unpaired) electrons. The SMILES string of the molecule is O=C(Nc1cccc(Cc2nc3ccccc3o2)c1)C1CCC1. The fourth-order valence-electron chi connectivity index (χ4n) is 2.84. The van der Waals surface area contributed by atoms with E-state index in [1.807, 2.05) is 48.5 Å². The fraction of sp³-hybridized carbons (Fsp3) is 0.263. The van der Waals surface area contributed by atoms with E-state index in [4.69, 9.17) is 4.42 Å². The van der Waals surface area contributed by atoms with E-state index in [1.165, 1.54) is 0 Å². The number of hydrogen-bond acceptors (Lipinski definition) is 3. The van der Waals surface area contributed by atoms with Gasteiger partial charge in [0.2, 0.25) is 5.91 Å². The average Bonchev–Trinajstić information content (AvgIpc) is 2.87. The van der Waals surface area contributed by atoms with Gasteiger partial charge in [-0.1, -0.05) is 30.7 Å². The number of benzene rings is 2. The van der Waals surface area contributed by atoms with E-state index in [0.717, 1.165) is 41.6 Å². The van der Waals surface area contributed by atoms with Crippen LogP contribution >= 0.6 is 0 Å². The molecular formula is C19H18N2O2. The minimum absolute atomic E-state index is 0.135. The van der Waals surface area contributed by atoms with E-state index < -0.39 is 0 Å². The highest BCUT2D eigenvalue weighted by Gasteiger charge is 2.25. The van der Waals surface area contributed by atoms with Gasteiger partial charge < -0.3 is 9.73 Å². The Morgan fingerprint density at radius 1 is 1.17 bits per heavy atom. The molecule has 1 fully saturated rings. The van der Waals surface area contributed by atoms with Crippen LogP contribution in [0.4, 0.5) is 5.69 Å². The van der Waals surface area contributed by atoms with Crippen LogP contribution in [0.15, 0.2) is 52.9 Å². The summed E-state index contributed by atoms with van der Waals surface area (Å²) in [5.41, 5.74) is 3.59. The van der Waals surface area contributed by atoms with E-state index >= 15 is 0 Å². The number of oxazole rings is 1. The van der Waals surface area contributed by atoms with E-state index in [2.05, 4.69) is 10.3 Å². The Hall–Kier alpha value is -2.62. The first-order valence-corrected chi connectivity index (χ1v) is 8.02. The highest BCUT2D eigenvalue weighted by Crippen LogP contribution is 2.28. The van der Waals surface area contributed by atoms with Crippen molar-refractivity contribution in [2.45, 2.75) is 25.7 Å². The van der Waals surface area contributed by atoms with Gasteiger partial charge >= 0.3 is 0 Å². The molecule has 0 unspecified atom stereocenters. The number of nitrogens with zero attached hydrogens (tertiary/aromatic N) is 1. The lowest BCUT2D eigenvalue weighted by Crippen LogP contribution is -2.28. The van der Waals surface area contributed by atoms with Crippen LogP contribution in [0.25, 0.3) is 11.1 Å². The molecule has 116 valence electrons. The van der Waals surface area contributed by atoms with Crippen LogP contribution in [-0.4, -0.2) is 10.9 Å². The van der Waals surface area contributed by atoms with Gasteiger partial charge in [-0.15, -0.1) is 0 Å². The van der Waals surface area contributed by atoms with E-state index in [9.17, 15) is 4.79 Å². The van der Waals surface area contributed by atoms with Crippen molar-refractivity contribution in [2.24, 2.45) is 5.92 Å². The van der Waals surface area contributed by atoms with Gasteiger partial charge in [0.25, 0.3) is 0 Å². The van der Waals surface area contributed by atoms with Crippen molar-refractivity contribution in [1.29, 1.82) is 0 Å². The van der Waals surface area contributed by atoms with E-state index in [1.54, 1.807) is 0 Å². The monoisotopic (exact) mass is 306 g/mol. The highest BCUT2D eigenvalue weighted by molar-refractivity contribution is 5.93. The van der Waals surface area contributed by atoms with Crippen molar-refractivity contribution in [3.05, 3.63) is 60.0 Å². The summed E-state index contributed by atoms with van der Waals surface area (Å²) in [6.45, 7) is 0. The predicted molar refractivity (Wildman–Crippen MR) is 89.2 cm³/mol. The second-order valence-electron chi connectivity index (χ2n) is 6.07. The molecule has 1 aromatic heterocycles. The topological polar surface area (TPSA) is 55.1 Å². The molecule has 23 heavy (non-hydrogen) atoms. The number of hydrogen-bond donors (Lipinski definition) is 1. The van der Waals surface area contributed by atoms with Crippen LogP contribution < -0.4 is 5.32 Å². The Morgan fingerprint density at radius 2 is 2.04 bits per heavy atom. The third kappa shape index (κ3) is 2.97. The van der Waals surface area contributed by atoms with E-state index in [-0.39, 0.29) is 11.8 Å². The summed E-state index contributed by atoms with van der Waals surface area (Å²) >= 11 is 0. The van der Waals surface area contributed by atoms with Crippen LogP contribution in [0.5, 0.6) is 0 Å². The summed E-state index contributed by atoms with van der Waals surface area (Å²) < 4.78 is 5.76. The molecule has 1 aliphatic carbocycles. The van der Waals surface area contributed by atoms with Crippen LogP contribution in [0.1, 0.15) is 30.7 Å². The second kappa shape index (κ2) is 5.88. The molecule has 0 atom stereocenters. The summed E-state index contributed by atoms with van der Waals surface area (Å²) in [6, 6.07) is 15.6. The fourth-order valence-corrected chi connectivity index (χ4v) is 2.84. The van der Waals surface area contributed by atoms with Gasteiger partial charge in [0.05, 0.1) is 0 Å². The van der Waals surface area contributed by atoms with Gasteiger partial charge in [-0.25, -0.2) is 4.98 Å². The maximum atomic E-state index is 12.0. The number of aromatic nitrogens is 1. The zero-order valence-electron chi connectivity index (χ0n) is 12.8. The lowest BCUT2D eigenvalue weighted by Gasteiger charge is -2.24. The Balaban J connectivity index is 1.50. The molecule has 4 rings (SSSR count). The van der Waals surface area contributed by atoms with Gasteiger partial charge in [0.15, 0.2) is 11.5 Å². The molecular weight excluding hydrogens is 288 g/mol. The average molecular weight is 306 g/mol. The van der Waals surface area contributed by atoms with E-state index in [0.29, 0.717) is 12.3 Å². The summed E-state index contributed by atoms with van der Waals surface area (Å²) in [5, 5.41) is 3.01. The van der Waals surface area contributed by atoms with Crippen LogP contribution in [-0.2, 0) is 11.2 Å². The Bertz CT molecular complexity index is 816. The molecule has 4 nitrogen and oxygen atoms in total. The molecule has 0 bridgehead atoms. The molecule has 1 saturated carbocycles. The van der Waals surface area contributed by atoms with Crippen LogP contribution in [0.3, 0.4) is 0 Å². The first-order chi connectivity index (χ1) is 11.3. The standard InChI is InChI=1S/C19H18N2O2/c22-19(14-6-4-7-14)20-15-8-3-5-13(11-15)12-18-21-16-9-1-2-10-17(16)23-18/h1-3,5,8-11,14H,4,6-7,12H2,(H,20,22). The number of carbonyl (C=O) groups excluding carboxylic acids is 1. The molecule has 0 spiro atoms. The minimum atomic E-state index is 0.135. The smallest absolute Gasteiger partial charge is 0.227 e. The summed E-state index contributed by atoms with van der Waals surface area (Å²) in [5.74, 6) is 1.01. The van der Waals surface area contributed by atoms with Gasteiger partial charge in [-0.05, 0) is 42.7 Å². The number of carbonyl (C=O) groups is 1. The lowest BCUT2D eigenvalue weighted by atomic mass is 9.85. The summed E-state index contributed by atoms with van der Waals surface area (Å²) in [6.07, 6.45) is 3.79. The van der Waals surface area contributed by atoms with Crippen LogP contribution in [0, 0.1) is 5.92 Å². The molecule has 1 heterocycles. The lowest BCUT2D eigenvalue weighted by molar-refractivity contribution is -0.122.